The number of aryl methyl sites for hydroxylation is 1. The number of nitro groups is 1. The first-order valence-corrected chi connectivity index (χ1v) is 10.6. The molecule has 32 heavy (non-hydrogen) atoms. The molecule has 0 saturated heterocycles. The summed E-state index contributed by atoms with van der Waals surface area (Å²) in [6, 6.07) is 5.47. The van der Waals surface area contributed by atoms with Crippen LogP contribution in [0.5, 0.6) is 0 Å². The molecule has 0 unspecified atom stereocenters. The Bertz CT molecular complexity index is 1210. The van der Waals surface area contributed by atoms with Gasteiger partial charge in [0.15, 0.2) is 5.13 Å². The molecule has 3 aromatic rings. The SMILES string of the molecule is C=CCn1c(C)cc(-c2csc(NC(=O)c3cc(C(=O)OCC)cc([N+](=O)[O-])c3)n2)c1C. The van der Waals surface area contributed by atoms with Crippen LogP contribution in [-0.4, -0.2) is 33.0 Å². The van der Waals surface area contributed by atoms with Crippen LogP contribution in [0.2, 0.25) is 0 Å². The number of hydrogen-bond donors (Lipinski definition) is 1. The van der Waals surface area contributed by atoms with E-state index >= 15 is 0 Å². The molecule has 3 rings (SSSR count). The topological polar surface area (TPSA) is 116 Å². The molecule has 0 spiro atoms. The molecule has 1 amide bonds. The van der Waals surface area contributed by atoms with Crippen LogP contribution in [0.4, 0.5) is 10.8 Å². The fourth-order valence-electron chi connectivity index (χ4n) is 3.27. The maximum absolute atomic E-state index is 12.7. The van der Waals surface area contributed by atoms with Gasteiger partial charge in [0, 0.05) is 46.6 Å². The highest BCUT2D eigenvalue weighted by Gasteiger charge is 2.20. The van der Waals surface area contributed by atoms with Gasteiger partial charge in [-0.15, -0.1) is 17.9 Å². The van der Waals surface area contributed by atoms with Crippen molar-refractivity contribution in [1.82, 2.24) is 9.55 Å². The number of benzene rings is 1. The van der Waals surface area contributed by atoms with Crippen LogP contribution in [0, 0.1) is 24.0 Å². The maximum Gasteiger partial charge on any atom is 0.338 e. The standard InChI is InChI=1S/C22H22N4O5S/c1-5-7-25-13(3)8-18(14(25)4)19-12-32-22(23-19)24-20(27)15-9-16(21(28)31-6-2)11-17(10-15)26(29)30/h5,8-12H,1,6-7H2,2-4H3,(H,23,24,27). The minimum atomic E-state index is -0.739. The van der Waals surface area contributed by atoms with E-state index in [1.54, 1.807) is 6.92 Å². The molecule has 9 nitrogen and oxygen atoms in total. The average Bonchev–Trinajstić information content (AvgIpc) is 3.33. The molecule has 166 valence electrons. The zero-order chi connectivity index (χ0) is 23.4. The Morgan fingerprint density at radius 3 is 2.66 bits per heavy atom. The van der Waals surface area contributed by atoms with Gasteiger partial charge in [0.05, 0.1) is 22.8 Å². The Hall–Kier alpha value is -3.79. The summed E-state index contributed by atoms with van der Waals surface area (Å²) in [4.78, 5) is 39.8. The van der Waals surface area contributed by atoms with E-state index in [-0.39, 0.29) is 23.4 Å². The average molecular weight is 455 g/mol. The van der Waals surface area contributed by atoms with Crippen molar-refractivity contribution in [1.29, 1.82) is 0 Å². The van der Waals surface area contributed by atoms with Gasteiger partial charge >= 0.3 is 5.97 Å². The highest BCUT2D eigenvalue weighted by atomic mass is 32.1. The third-order valence-corrected chi connectivity index (χ3v) is 5.55. The van der Waals surface area contributed by atoms with Crippen LogP contribution < -0.4 is 5.32 Å². The molecule has 10 heteroatoms. The van der Waals surface area contributed by atoms with E-state index in [2.05, 4.69) is 21.4 Å². The lowest BCUT2D eigenvalue weighted by Crippen LogP contribution is -2.14. The number of nitrogens with zero attached hydrogens (tertiary/aromatic N) is 3. The lowest BCUT2D eigenvalue weighted by molar-refractivity contribution is -0.384. The second kappa shape index (κ2) is 9.56. The summed E-state index contributed by atoms with van der Waals surface area (Å²) in [5, 5.41) is 16.1. The molecule has 2 heterocycles. The fraction of sp³-hybridized carbons (Fsp3) is 0.227. The lowest BCUT2D eigenvalue weighted by atomic mass is 10.1. The van der Waals surface area contributed by atoms with E-state index in [0.29, 0.717) is 17.4 Å². The molecule has 0 atom stereocenters. The number of anilines is 1. The predicted molar refractivity (Wildman–Crippen MR) is 122 cm³/mol. The van der Waals surface area contributed by atoms with Crippen molar-refractivity contribution in [2.24, 2.45) is 0 Å². The van der Waals surface area contributed by atoms with E-state index in [1.165, 1.54) is 17.4 Å². The summed E-state index contributed by atoms with van der Waals surface area (Å²) in [5.41, 5.74) is 3.27. The summed E-state index contributed by atoms with van der Waals surface area (Å²) in [7, 11) is 0. The van der Waals surface area contributed by atoms with Crippen molar-refractivity contribution in [2.75, 3.05) is 11.9 Å². The number of esters is 1. The highest BCUT2D eigenvalue weighted by Crippen LogP contribution is 2.30. The van der Waals surface area contributed by atoms with Gasteiger partial charge in [-0.1, -0.05) is 6.08 Å². The van der Waals surface area contributed by atoms with E-state index in [0.717, 1.165) is 29.1 Å². The van der Waals surface area contributed by atoms with Crippen LogP contribution in [0.1, 0.15) is 39.0 Å². The first kappa shape index (κ1) is 22.9. The Balaban J connectivity index is 1.87. The third-order valence-electron chi connectivity index (χ3n) is 4.79. The number of nitrogens with one attached hydrogen (secondary N) is 1. The van der Waals surface area contributed by atoms with Crippen molar-refractivity contribution in [3.05, 3.63) is 74.9 Å². The van der Waals surface area contributed by atoms with Crippen LogP contribution in [0.15, 0.2) is 42.3 Å². The molecule has 1 N–H and O–H groups in total. The number of non-ortho nitro benzene ring substituents is 1. The van der Waals surface area contributed by atoms with Crippen LogP contribution in [0.3, 0.4) is 0 Å². The minimum Gasteiger partial charge on any atom is -0.462 e. The summed E-state index contributed by atoms with van der Waals surface area (Å²) in [6.07, 6.45) is 1.82. The molecule has 0 radical (unpaired) electrons. The first-order chi connectivity index (χ1) is 15.2. The van der Waals surface area contributed by atoms with Gasteiger partial charge in [0.1, 0.15) is 0 Å². The zero-order valence-corrected chi connectivity index (χ0v) is 18.7. The fourth-order valence-corrected chi connectivity index (χ4v) is 3.98. The number of rotatable bonds is 8. The number of aromatic nitrogens is 2. The normalized spacial score (nSPS) is 10.6. The van der Waals surface area contributed by atoms with E-state index < -0.39 is 16.8 Å². The van der Waals surface area contributed by atoms with Gasteiger partial charge < -0.3 is 9.30 Å². The summed E-state index contributed by atoms with van der Waals surface area (Å²) in [6.45, 7) is 10.2. The van der Waals surface area contributed by atoms with Crippen molar-refractivity contribution in [3.8, 4) is 11.3 Å². The first-order valence-electron chi connectivity index (χ1n) is 9.76. The number of carbonyl (C=O) groups is 2. The maximum atomic E-state index is 12.7. The summed E-state index contributed by atoms with van der Waals surface area (Å²) >= 11 is 1.24. The summed E-state index contributed by atoms with van der Waals surface area (Å²) in [5.74, 6) is -1.35. The summed E-state index contributed by atoms with van der Waals surface area (Å²) < 4.78 is 7.01. The molecule has 0 saturated carbocycles. The van der Waals surface area contributed by atoms with Gasteiger partial charge in [0.25, 0.3) is 11.6 Å². The Morgan fingerprint density at radius 1 is 1.28 bits per heavy atom. The molecule has 0 aliphatic carbocycles. The van der Waals surface area contributed by atoms with Gasteiger partial charge in [-0.2, -0.15) is 0 Å². The molecule has 0 bridgehead atoms. The molecule has 0 aliphatic heterocycles. The number of carbonyl (C=O) groups excluding carboxylic acids is 2. The second-order valence-corrected chi connectivity index (χ2v) is 7.78. The third kappa shape index (κ3) is 4.75. The quantitative estimate of drug-likeness (QED) is 0.227. The van der Waals surface area contributed by atoms with Gasteiger partial charge in [-0.25, -0.2) is 9.78 Å². The van der Waals surface area contributed by atoms with Gasteiger partial charge in [-0.3, -0.25) is 20.2 Å². The minimum absolute atomic E-state index is 0.0387. The second-order valence-electron chi connectivity index (χ2n) is 6.92. The number of allylic oxidation sites excluding steroid dienone is 1. The molecule has 0 aliphatic rings. The van der Waals surface area contributed by atoms with Crippen molar-refractivity contribution < 1.29 is 19.2 Å². The molecule has 0 fully saturated rings. The van der Waals surface area contributed by atoms with Crippen LogP contribution >= 0.6 is 11.3 Å². The van der Waals surface area contributed by atoms with Gasteiger partial charge in [0.2, 0.25) is 0 Å². The monoisotopic (exact) mass is 454 g/mol. The number of nitro benzene ring substituents is 1. The van der Waals surface area contributed by atoms with E-state index in [4.69, 9.17) is 4.74 Å². The van der Waals surface area contributed by atoms with Crippen molar-refractivity contribution >= 4 is 34.0 Å². The predicted octanol–water partition coefficient (Wildman–Crippen LogP) is 4.75. The number of ether oxygens (including phenoxy) is 1. The van der Waals surface area contributed by atoms with E-state index in [1.807, 2.05) is 31.4 Å². The van der Waals surface area contributed by atoms with Gasteiger partial charge in [-0.05, 0) is 32.9 Å². The number of amides is 1. The largest absolute Gasteiger partial charge is 0.462 e. The Labute approximate surface area is 188 Å². The number of hydrogen-bond acceptors (Lipinski definition) is 7. The Kier molecular flexibility index (Phi) is 6.84. The zero-order valence-electron chi connectivity index (χ0n) is 17.9. The number of thiazole rings is 1. The van der Waals surface area contributed by atoms with Crippen LogP contribution in [-0.2, 0) is 11.3 Å². The Morgan fingerprint density at radius 2 is 2.00 bits per heavy atom. The van der Waals surface area contributed by atoms with Crippen LogP contribution in [0.25, 0.3) is 11.3 Å². The smallest absolute Gasteiger partial charge is 0.338 e. The highest BCUT2D eigenvalue weighted by molar-refractivity contribution is 7.14. The van der Waals surface area contributed by atoms with Crippen molar-refractivity contribution in [3.63, 3.8) is 0 Å². The molecule has 1 aromatic carbocycles. The molecule has 2 aromatic heterocycles. The molecular weight excluding hydrogens is 432 g/mol. The van der Waals surface area contributed by atoms with Crippen molar-refractivity contribution in [2.45, 2.75) is 27.3 Å². The molecular formula is C22H22N4O5S. The lowest BCUT2D eigenvalue weighted by Gasteiger charge is -2.06. The van der Waals surface area contributed by atoms with E-state index in [9.17, 15) is 19.7 Å².